The number of rotatable bonds is 7. The average molecular weight is 415 g/mol. The summed E-state index contributed by atoms with van der Waals surface area (Å²) in [6.07, 6.45) is 1.43. The number of carbonyl (C=O) groups excluding carboxylic acids is 1. The number of carbonyl (C=O) groups is 1. The van der Waals surface area contributed by atoms with Gasteiger partial charge in [-0.2, -0.15) is 0 Å². The van der Waals surface area contributed by atoms with E-state index in [-0.39, 0.29) is 17.1 Å². The second kappa shape index (κ2) is 8.46. The first-order valence-corrected chi connectivity index (χ1v) is 10.3. The summed E-state index contributed by atoms with van der Waals surface area (Å²) < 4.78 is 37.0. The summed E-state index contributed by atoms with van der Waals surface area (Å²) in [5.74, 6) is 0.0566. The Morgan fingerprint density at radius 1 is 1.17 bits per heavy atom. The van der Waals surface area contributed by atoms with Crippen molar-refractivity contribution >= 4 is 38.3 Å². The first-order valence-electron chi connectivity index (χ1n) is 8.84. The maximum atomic E-state index is 12.5. The van der Waals surface area contributed by atoms with Crippen LogP contribution in [0.2, 0.25) is 0 Å². The van der Waals surface area contributed by atoms with Crippen LogP contribution in [0.4, 0.5) is 11.4 Å². The van der Waals surface area contributed by atoms with Gasteiger partial charge in [-0.1, -0.05) is 6.07 Å². The molecule has 0 amide bonds. The van der Waals surface area contributed by atoms with Crippen molar-refractivity contribution in [1.82, 2.24) is 9.71 Å². The topological polar surface area (TPSA) is 107 Å². The van der Waals surface area contributed by atoms with Gasteiger partial charge in [0.2, 0.25) is 10.0 Å². The summed E-state index contributed by atoms with van der Waals surface area (Å²) in [6.45, 7) is 1.93. The number of sulfonamides is 1. The second-order valence-corrected chi connectivity index (χ2v) is 7.90. The number of nitrogens with one attached hydrogen (secondary N) is 2. The molecule has 0 spiro atoms. The van der Waals surface area contributed by atoms with Crippen LogP contribution < -0.4 is 14.8 Å². The van der Waals surface area contributed by atoms with Crippen molar-refractivity contribution in [1.29, 1.82) is 0 Å². The highest BCUT2D eigenvalue weighted by molar-refractivity contribution is 7.89. The molecule has 0 unspecified atom stereocenters. The highest BCUT2D eigenvalue weighted by atomic mass is 32.2. The molecule has 0 saturated carbocycles. The standard InChI is InChI=1S/C20H21N3O5S/c1-4-28-20(24)17-12-22-18-9-8-14(27-3)11-16(18)19(17)23-13-6-5-7-15(10-13)29(25,26)21-2/h5-12,21H,4H2,1-3H3,(H,22,23). The Labute approximate surface area is 168 Å². The van der Waals surface area contributed by atoms with Crippen LogP contribution in [-0.2, 0) is 14.8 Å². The average Bonchev–Trinajstić information content (AvgIpc) is 2.74. The van der Waals surface area contributed by atoms with Crippen molar-refractivity contribution in [3.05, 3.63) is 54.2 Å². The number of fused-ring (bicyclic) bond motifs is 1. The lowest BCUT2D eigenvalue weighted by Crippen LogP contribution is -2.18. The number of nitrogens with zero attached hydrogens (tertiary/aromatic N) is 1. The molecule has 152 valence electrons. The third-order valence-electron chi connectivity index (χ3n) is 4.25. The van der Waals surface area contributed by atoms with Crippen LogP contribution in [0.25, 0.3) is 10.9 Å². The van der Waals surface area contributed by atoms with Gasteiger partial charge in [0, 0.05) is 17.3 Å². The summed E-state index contributed by atoms with van der Waals surface area (Å²) >= 11 is 0. The summed E-state index contributed by atoms with van der Waals surface area (Å²) in [5, 5.41) is 3.79. The molecule has 0 fully saturated rings. The van der Waals surface area contributed by atoms with Crippen LogP contribution in [0.5, 0.6) is 5.75 Å². The minimum atomic E-state index is -3.62. The zero-order valence-electron chi connectivity index (χ0n) is 16.2. The zero-order chi connectivity index (χ0) is 21.0. The highest BCUT2D eigenvalue weighted by Crippen LogP contribution is 2.32. The molecular weight excluding hydrogens is 394 g/mol. The molecule has 9 heteroatoms. The van der Waals surface area contributed by atoms with Gasteiger partial charge in [0.1, 0.15) is 11.3 Å². The number of pyridine rings is 1. The number of anilines is 2. The molecular formula is C20H21N3O5S. The smallest absolute Gasteiger partial charge is 0.341 e. The van der Waals surface area contributed by atoms with Crippen molar-refractivity contribution in [2.45, 2.75) is 11.8 Å². The van der Waals surface area contributed by atoms with E-state index in [4.69, 9.17) is 9.47 Å². The highest BCUT2D eigenvalue weighted by Gasteiger charge is 2.18. The lowest BCUT2D eigenvalue weighted by Gasteiger charge is -2.15. The maximum Gasteiger partial charge on any atom is 0.341 e. The summed E-state index contributed by atoms with van der Waals surface area (Å²) in [4.78, 5) is 16.9. The molecule has 2 N–H and O–H groups in total. The molecule has 1 aromatic heterocycles. The van der Waals surface area contributed by atoms with Crippen LogP contribution in [0, 0.1) is 0 Å². The van der Waals surface area contributed by atoms with E-state index in [1.165, 1.54) is 25.4 Å². The molecule has 0 aliphatic rings. The van der Waals surface area contributed by atoms with Crippen LogP contribution in [0.15, 0.2) is 53.6 Å². The molecule has 0 bridgehead atoms. The second-order valence-electron chi connectivity index (χ2n) is 6.01. The molecule has 3 rings (SSSR count). The van der Waals surface area contributed by atoms with E-state index < -0.39 is 16.0 Å². The number of benzene rings is 2. The Kier molecular flexibility index (Phi) is 6.00. The normalized spacial score (nSPS) is 11.3. The fourth-order valence-electron chi connectivity index (χ4n) is 2.80. The van der Waals surface area contributed by atoms with E-state index in [0.29, 0.717) is 28.0 Å². The molecule has 0 aliphatic carbocycles. The number of methoxy groups -OCH3 is 1. The van der Waals surface area contributed by atoms with Crippen molar-refractivity contribution in [2.24, 2.45) is 0 Å². The Hall–Kier alpha value is -3.17. The van der Waals surface area contributed by atoms with Gasteiger partial charge in [-0.3, -0.25) is 4.98 Å². The number of hydrogen-bond donors (Lipinski definition) is 2. The quantitative estimate of drug-likeness (QED) is 0.571. The predicted molar refractivity (Wildman–Crippen MR) is 110 cm³/mol. The third-order valence-corrected chi connectivity index (χ3v) is 5.66. The van der Waals surface area contributed by atoms with E-state index in [0.717, 1.165) is 0 Å². The largest absolute Gasteiger partial charge is 0.497 e. The maximum absolute atomic E-state index is 12.5. The Bertz CT molecular complexity index is 1160. The van der Waals surface area contributed by atoms with E-state index >= 15 is 0 Å². The SMILES string of the molecule is CCOC(=O)c1cnc2ccc(OC)cc2c1Nc1cccc(S(=O)(=O)NC)c1. The van der Waals surface area contributed by atoms with Crippen LogP contribution >= 0.6 is 0 Å². The fraction of sp³-hybridized carbons (Fsp3) is 0.200. The molecule has 0 atom stereocenters. The van der Waals surface area contributed by atoms with Crippen molar-refractivity contribution in [2.75, 3.05) is 26.1 Å². The fourth-order valence-corrected chi connectivity index (χ4v) is 3.58. The number of aromatic nitrogens is 1. The Morgan fingerprint density at radius 3 is 2.66 bits per heavy atom. The van der Waals surface area contributed by atoms with Crippen LogP contribution in [-0.4, -0.2) is 40.1 Å². The van der Waals surface area contributed by atoms with Gasteiger partial charge in [0.15, 0.2) is 0 Å². The molecule has 0 aliphatic heterocycles. The predicted octanol–water partition coefficient (Wildman–Crippen LogP) is 3.07. The molecule has 0 saturated heterocycles. The zero-order valence-corrected chi connectivity index (χ0v) is 17.0. The Morgan fingerprint density at radius 2 is 1.97 bits per heavy atom. The Balaban J connectivity index is 2.17. The van der Waals surface area contributed by atoms with Crippen molar-refractivity contribution in [3.8, 4) is 5.75 Å². The minimum absolute atomic E-state index is 0.0960. The van der Waals surface area contributed by atoms with Crippen LogP contribution in [0.1, 0.15) is 17.3 Å². The third kappa shape index (κ3) is 4.30. The minimum Gasteiger partial charge on any atom is -0.497 e. The van der Waals surface area contributed by atoms with Gasteiger partial charge >= 0.3 is 5.97 Å². The van der Waals surface area contributed by atoms with Gasteiger partial charge in [-0.05, 0) is 50.4 Å². The monoisotopic (exact) mass is 415 g/mol. The van der Waals surface area contributed by atoms with E-state index in [1.807, 2.05) is 0 Å². The van der Waals surface area contributed by atoms with Gasteiger partial charge < -0.3 is 14.8 Å². The molecule has 1 heterocycles. The summed E-state index contributed by atoms with van der Waals surface area (Å²) in [7, 11) is -0.726. The lowest BCUT2D eigenvalue weighted by molar-refractivity contribution is 0.0527. The number of hydrogen-bond acceptors (Lipinski definition) is 7. The summed E-state index contributed by atoms with van der Waals surface area (Å²) in [6, 6.07) is 11.6. The molecule has 2 aromatic carbocycles. The van der Waals surface area contributed by atoms with Gasteiger partial charge in [-0.25, -0.2) is 17.9 Å². The van der Waals surface area contributed by atoms with Crippen molar-refractivity contribution in [3.63, 3.8) is 0 Å². The van der Waals surface area contributed by atoms with Gasteiger partial charge in [0.25, 0.3) is 0 Å². The van der Waals surface area contributed by atoms with E-state index in [2.05, 4.69) is 15.0 Å². The molecule has 0 radical (unpaired) electrons. The molecule has 3 aromatic rings. The van der Waals surface area contributed by atoms with Gasteiger partial charge in [0.05, 0.1) is 29.8 Å². The van der Waals surface area contributed by atoms with Crippen molar-refractivity contribution < 1.29 is 22.7 Å². The molecule has 8 nitrogen and oxygen atoms in total. The van der Waals surface area contributed by atoms with E-state index in [1.54, 1.807) is 44.4 Å². The lowest BCUT2D eigenvalue weighted by atomic mass is 10.1. The first kappa shape index (κ1) is 20.6. The van der Waals surface area contributed by atoms with E-state index in [9.17, 15) is 13.2 Å². The first-order chi connectivity index (χ1) is 13.9. The summed E-state index contributed by atoms with van der Waals surface area (Å²) in [5.41, 5.74) is 1.81. The number of ether oxygens (including phenoxy) is 2. The van der Waals surface area contributed by atoms with Crippen LogP contribution in [0.3, 0.4) is 0 Å². The number of esters is 1. The van der Waals surface area contributed by atoms with Gasteiger partial charge in [-0.15, -0.1) is 0 Å². The molecule has 29 heavy (non-hydrogen) atoms.